The molecule has 4 N–H and O–H groups in total. The molecule has 0 bridgehead atoms. The molecule has 0 atom stereocenters. The van der Waals surface area contributed by atoms with Gasteiger partial charge in [0.1, 0.15) is 11.6 Å². The van der Waals surface area contributed by atoms with Crippen LogP contribution in [0.25, 0.3) is 0 Å². The van der Waals surface area contributed by atoms with Gasteiger partial charge in [-0.25, -0.2) is 4.79 Å². The largest absolute Gasteiger partial charge is 0.412 e. The lowest BCUT2D eigenvalue weighted by molar-refractivity contribution is 0.200. The third-order valence-electron chi connectivity index (χ3n) is 2.63. The van der Waals surface area contributed by atoms with Gasteiger partial charge >= 0.3 is 6.09 Å². The summed E-state index contributed by atoms with van der Waals surface area (Å²) >= 11 is 0. The van der Waals surface area contributed by atoms with Crippen LogP contribution < -0.4 is 15.8 Å². The van der Waals surface area contributed by atoms with Crippen molar-refractivity contribution in [1.29, 1.82) is 5.41 Å². The molecule has 2 rings (SSSR count). The molecule has 0 saturated carbocycles. The molecule has 0 saturated heterocycles. The van der Waals surface area contributed by atoms with Crippen LogP contribution in [0.1, 0.15) is 11.1 Å². The summed E-state index contributed by atoms with van der Waals surface area (Å²) in [6.07, 6.45) is -0.524. The Balaban J connectivity index is 1.90. The first-order valence-corrected chi connectivity index (χ1v) is 6.09. The van der Waals surface area contributed by atoms with Crippen LogP contribution in [0, 0.1) is 5.41 Å². The van der Waals surface area contributed by atoms with E-state index in [9.17, 15) is 4.79 Å². The number of amides is 1. The molecule has 2 aromatic rings. The van der Waals surface area contributed by atoms with Crippen LogP contribution in [0.5, 0.6) is 5.75 Å². The van der Waals surface area contributed by atoms with Crippen molar-refractivity contribution in [3.05, 3.63) is 65.7 Å². The number of ether oxygens (including phenoxy) is 1. The highest BCUT2D eigenvalue weighted by molar-refractivity contribution is 5.95. The molecule has 0 aliphatic rings. The van der Waals surface area contributed by atoms with Gasteiger partial charge in [-0.1, -0.05) is 36.4 Å². The van der Waals surface area contributed by atoms with Gasteiger partial charge in [-0.3, -0.25) is 5.41 Å². The minimum atomic E-state index is -0.524. The summed E-state index contributed by atoms with van der Waals surface area (Å²) in [5.74, 6) is 0.487. The molecule has 2 aromatic carbocycles. The number of carbonyl (C=O) groups is 1. The smallest absolute Gasteiger partial charge is 0.410 e. The summed E-state index contributed by atoms with van der Waals surface area (Å²) in [5, 5.41) is 10.0. The first-order valence-electron chi connectivity index (χ1n) is 6.09. The molecular formula is C15H15N3O2. The second-order valence-electron chi connectivity index (χ2n) is 4.17. The molecule has 20 heavy (non-hydrogen) atoms. The maximum Gasteiger partial charge on any atom is 0.412 e. The Morgan fingerprint density at radius 3 is 2.60 bits per heavy atom. The third-order valence-corrected chi connectivity index (χ3v) is 2.63. The number of amidine groups is 1. The quantitative estimate of drug-likeness (QED) is 0.587. The molecule has 0 aliphatic carbocycles. The van der Waals surface area contributed by atoms with Crippen molar-refractivity contribution in [2.24, 2.45) is 5.73 Å². The Morgan fingerprint density at radius 1 is 1.15 bits per heavy atom. The summed E-state index contributed by atoms with van der Waals surface area (Å²) in [6, 6.07) is 16.0. The summed E-state index contributed by atoms with van der Waals surface area (Å²) in [7, 11) is 0. The van der Waals surface area contributed by atoms with Gasteiger partial charge in [0, 0.05) is 12.1 Å². The summed E-state index contributed by atoms with van der Waals surface area (Å²) in [5.41, 5.74) is 6.89. The topological polar surface area (TPSA) is 88.2 Å². The Labute approximate surface area is 116 Å². The van der Waals surface area contributed by atoms with Gasteiger partial charge in [-0.2, -0.15) is 0 Å². The predicted octanol–water partition coefficient (Wildman–Crippen LogP) is 2.26. The van der Waals surface area contributed by atoms with Crippen LogP contribution in [0.3, 0.4) is 0 Å². The average molecular weight is 269 g/mol. The lowest BCUT2D eigenvalue weighted by Crippen LogP contribution is -2.26. The fourth-order valence-electron chi connectivity index (χ4n) is 1.65. The van der Waals surface area contributed by atoms with Crippen molar-refractivity contribution >= 4 is 11.9 Å². The monoisotopic (exact) mass is 269 g/mol. The SMILES string of the molecule is N=C(N)c1cccc(CNC(=O)Oc2ccccc2)c1. The van der Waals surface area contributed by atoms with Crippen molar-refractivity contribution in [1.82, 2.24) is 5.32 Å². The zero-order valence-corrected chi connectivity index (χ0v) is 10.8. The molecule has 5 heteroatoms. The van der Waals surface area contributed by atoms with Crippen molar-refractivity contribution in [3.63, 3.8) is 0 Å². The fourth-order valence-corrected chi connectivity index (χ4v) is 1.65. The van der Waals surface area contributed by atoms with Crippen molar-refractivity contribution in [3.8, 4) is 5.75 Å². The van der Waals surface area contributed by atoms with E-state index in [2.05, 4.69) is 5.32 Å². The molecule has 5 nitrogen and oxygen atoms in total. The van der Waals surface area contributed by atoms with Gasteiger partial charge < -0.3 is 15.8 Å². The van der Waals surface area contributed by atoms with Gasteiger partial charge in [0.05, 0.1) is 0 Å². The van der Waals surface area contributed by atoms with Crippen LogP contribution in [-0.2, 0) is 6.54 Å². The number of benzene rings is 2. The number of rotatable bonds is 4. The van der Waals surface area contributed by atoms with Gasteiger partial charge in [-0.15, -0.1) is 0 Å². The average Bonchev–Trinajstić information content (AvgIpc) is 2.46. The second kappa shape index (κ2) is 6.38. The molecule has 0 unspecified atom stereocenters. The molecular weight excluding hydrogens is 254 g/mol. The van der Waals surface area contributed by atoms with E-state index in [1.54, 1.807) is 42.5 Å². The normalized spacial score (nSPS) is 9.80. The molecule has 0 fully saturated rings. The minimum absolute atomic E-state index is 0.00119. The molecule has 102 valence electrons. The van der Waals surface area contributed by atoms with Crippen molar-refractivity contribution < 1.29 is 9.53 Å². The number of carbonyl (C=O) groups excluding carboxylic acids is 1. The van der Waals surface area contributed by atoms with E-state index in [-0.39, 0.29) is 5.84 Å². The molecule has 0 radical (unpaired) electrons. The number of hydrogen-bond acceptors (Lipinski definition) is 3. The van der Waals surface area contributed by atoms with E-state index >= 15 is 0 Å². The van der Waals surface area contributed by atoms with E-state index in [4.69, 9.17) is 15.9 Å². The van der Waals surface area contributed by atoms with Crippen LogP contribution in [0.4, 0.5) is 4.79 Å². The number of nitrogens with one attached hydrogen (secondary N) is 2. The second-order valence-corrected chi connectivity index (χ2v) is 4.17. The Kier molecular flexibility index (Phi) is 4.34. The van der Waals surface area contributed by atoms with Crippen LogP contribution in [0.15, 0.2) is 54.6 Å². The lowest BCUT2D eigenvalue weighted by atomic mass is 10.1. The van der Waals surface area contributed by atoms with Gasteiger partial charge in [0.2, 0.25) is 0 Å². The van der Waals surface area contributed by atoms with Crippen molar-refractivity contribution in [2.45, 2.75) is 6.54 Å². The predicted molar refractivity (Wildman–Crippen MR) is 76.8 cm³/mol. The highest BCUT2D eigenvalue weighted by Crippen LogP contribution is 2.09. The summed E-state index contributed by atoms with van der Waals surface area (Å²) < 4.78 is 5.10. The van der Waals surface area contributed by atoms with Crippen molar-refractivity contribution in [2.75, 3.05) is 0 Å². The fraction of sp³-hybridized carbons (Fsp3) is 0.0667. The standard InChI is InChI=1S/C15H15N3O2/c16-14(17)12-6-4-5-11(9-12)10-18-15(19)20-13-7-2-1-3-8-13/h1-9H,10H2,(H3,16,17)(H,18,19). The number of hydrogen-bond donors (Lipinski definition) is 3. The first kappa shape index (κ1) is 13.6. The Morgan fingerprint density at radius 2 is 1.90 bits per heavy atom. The highest BCUT2D eigenvalue weighted by atomic mass is 16.5. The highest BCUT2D eigenvalue weighted by Gasteiger charge is 2.04. The number of nitrogens with two attached hydrogens (primary N) is 1. The van der Waals surface area contributed by atoms with Gasteiger partial charge in [0.15, 0.2) is 0 Å². The summed E-state index contributed by atoms with van der Waals surface area (Å²) in [4.78, 5) is 11.6. The minimum Gasteiger partial charge on any atom is -0.410 e. The zero-order valence-electron chi connectivity index (χ0n) is 10.8. The molecule has 0 aromatic heterocycles. The van der Waals surface area contributed by atoms with E-state index in [0.717, 1.165) is 5.56 Å². The molecule has 0 spiro atoms. The van der Waals surface area contributed by atoms with Gasteiger partial charge in [-0.05, 0) is 23.8 Å². The molecule has 0 heterocycles. The zero-order chi connectivity index (χ0) is 14.4. The lowest BCUT2D eigenvalue weighted by Gasteiger charge is -2.07. The van der Waals surface area contributed by atoms with E-state index in [1.165, 1.54) is 0 Å². The summed E-state index contributed by atoms with van der Waals surface area (Å²) in [6.45, 7) is 0.312. The van der Waals surface area contributed by atoms with E-state index in [1.807, 2.05) is 12.1 Å². The van der Waals surface area contributed by atoms with E-state index in [0.29, 0.717) is 17.9 Å². The number of para-hydroxylation sites is 1. The number of nitrogen functional groups attached to an aromatic ring is 1. The molecule has 0 aliphatic heterocycles. The third kappa shape index (κ3) is 3.84. The Hall–Kier alpha value is -2.82. The molecule has 1 amide bonds. The van der Waals surface area contributed by atoms with E-state index < -0.39 is 6.09 Å². The maximum absolute atomic E-state index is 11.6. The first-order chi connectivity index (χ1) is 9.65. The Bertz CT molecular complexity index is 612. The van der Waals surface area contributed by atoms with Gasteiger partial charge in [0.25, 0.3) is 0 Å². The van der Waals surface area contributed by atoms with Crippen LogP contribution in [0.2, 0.25) is 0 Å². The maximum atomic E-state index is 11.6. The van der Waals surface area contributed by atoms with Crippen LogP contribution in [-0.4, -0.2) is 11.9 Å². The van der Waals surface area contributed by atoms with Crippen LogP contribution >= 0.6 is 0 Å².